The molecule has 38 heavy (non-hydrogen) atoms. The molecular weight excluding hydrogens is 530 g/mol. The van der Waals surface area contributed by atoms with E-state index in [1.807, 2.05) is 0 Å². The number of hydrogen-bond acceptors (Lipinski definition) is 6. The van der Waals surface area contributed by atoms with Crippen molar-refractivity contribution in [3.05, 3.63) is 106 Å². The van der Waals surface area contributed by atoms with Gasteiger partial charge in [0.2, 0.25) is 0 Å². The molecule has 4 aromatic rings. The fraction of sp³-hybridized carbons (Fsp3) is 0.120. The van der Waals surface area contributed by atoms with E-state index in [2.05, 4.69) is 14.4 Å². The van der Waals surface area contributed by atoms with Crippen LogP contribution in [0.3, 0.4) is 0 Å². The fourth-order valence-electron chi connectivity index (χ4n) is 4.17. The molecule has 0 spiro atoms. The SMILES string of the molecule is COC1(F)C=C(c2ccc(F)c(F)c2)C(F)=CC1n1c(=O)ccc2cc(S(=O)(=O)Nc3ccon3)ccc21. The molecule has 5 rings (SSSR count). The number of pyridine rings is 1. The Hall–Kier alpha value is -4.23. The molecular formula is C25H17F4N3O5S. The van der Waals surface area contributed by atoms with E-state index in [1.165, 1.54) is 36.6 Å². The molecule has 2 aromatic carbocycles. The Morgan fingerprint density at radius 2 is 1.84 bits per heavy atom. The third-order valence-electron chi connectivity index (χ3n) is 6.02. The lowest BCUT2D eigenvalue weighted by Crippen LogP contribution is -2.41. The van der Waals surface area contributed by atoms with Gasteiger partial charge in [-0.15, -0.1) is 0 Å². The maximum Gasteiger partial charge on any atom is 0.263 e. The molecule has 0 amide bonds. The molecule has 196 valence electrons. The normalized spacial score (nSPS) is 19.8. The van der Waals surface area contributed by atoms with Crippen molar-refractivity contribution < 1.29 is 35.2 Å². The minimum Gasteiger partial charge on any atom is -0.363 e. The predicted octanol–water partition coefficient (Wildman–Crippen LogP) is 4.87. The van der Waals surface area contributed by atoms with Crippen LogP contribution in [0.25, 0.3) is 16.5 Å². The second-order valence-electron chi connectivity index (χ2n) is 8.30. The molecule has 0 bridgehead atoms. The number of hydrogen-bond donors (Lipinski definition) is 1. The van der Waals surface area contributed by atoms with Crippen LogP contribution in [0.2, 0.25) is 0 Å². The zero-order chi connectivity index (χ0) is 27.2. The molecule has 0 aliphatic heterocycles. The van der Waals surface area contributed by atoms with Gasteiger partial charge in [-0.25, -0.2) is 26.0 Å². The van der Waals surface area contributed by atoms with E-state index in [0.717, 1.165) is 42.0 Å². The van der Waals surface area contributed by atoms with Gasteiger partial charge in [0.1, 0.15) is 18.1 Å². The highest BCUT2D eigenvalue weighted by Gasteiger charge is 2.43. The zero-order valence-electron chi connectivity index (χ0n) is 19.4. The fourth-order valence-corrected chi connectivity index (χ4v) is 5.20. The number of nitrogens with zero attached hydrogens (tertiary/aromatic N) is 2. The topological polar surface area (TPSA) is 103 Å². The van der Waals surface area contributed by atoms with Crippen LogP contribution in [0.4, 0.5) is 23.4 Å². The number of sulfonamides is 1. The Balaban J connectivity index is 1.60. The van der Waals surface area contributed by atoms with Gasteiger partial charge in [-0.2, -0.15) is 0 Å². The molecule has 1 N–H and O–H groups in total. The van der Waals surface area contributed by atoms with Crippen LogP contribution in [0, 0.1) is 11.6 Å². The maximum atomic E-state index is 16.2. The third kappa shape index (κ3) is 4.39. The van der Waals surface area contributed by atoms with Gasteiger partial charge < -0.3 is 9.26 Å². The van der Waals surface area contributed by atoms with Gasteiger partial charge >= 0.3 is 0 Å². The monoisotopic (exact) mass is 547 g/mol. The predicted molar refractivity (Wildman–Crippen MR) is 129 cm³/mol. The van der Waals surface area contributed by atoms with Crippen molar-refractivity contribution >= 4 is 32.3 Å². The molecule has 8 nitrogen and oxygen atoms in total. The first kappa shape index (κ1) is 25.4. The summed E-state index contributed by atoms with van der Waals surface area (Å²) in [6.45, 7) is 0. The van der Waals surface area contributed by atoms with Crippen LogP contribution in [-0.2, 0) is 14.8 Å². The standard InChI is InChI=1S/C25H17F4N3O5S/c1-36-25(29)13-17(14-2-5-18(26)20(28)11-14)19(27)12-22(25)32-21-6-4-16(10-15(21)3-7-24(32)33)38(34,35)31-23-8-9-37-30-23/h2-13,22H,1H3,(H,30,31). The van der Waals surface area contributed by atoms with Crippen molar-refractivity contribution in [3.63, 3.8) is 0 Å². The van der Waals surface area contributed by atoms with Crippen LogP contribution in [0.1, 0.15) is 11.6 Å². The maximum absolute atomic E-state index is 16.2. The zero-order valence-corrected chi connectivity index (χ0v) is 20.2. The highest BCUT2D eigenvalue weighted by molar-refractivity contribution is 7.92. The van der Waals surface area contributed by atoms with Crippen molar-refractivity contribution in [2.75, 3.05) is 11.8 Å². The summed E-state index contributed by atoms with van der Waals surface area (Å²) in [5.41, 5.74) is -1.19. The highest BCUT2D eigenvalue weighted by Crippen LogP contribution is 2.42. The van der Waals surface area contributed by atoms with E-state index in [1.54, 1.807) is 0 Å². The second kappa shape index (κ2) is 9.26. The minimum atomic E-state index is -4.10. The van der Waals surface area contributed by atoms with Gasteiger partial charge in [0, 0.05) is 24.8 Å². The second-order valence-corrected chi connectivity index (χ2v) is 9.98. The molecule has 13 heteroatoms. The number of methoxy groups -OCH3 is 1. The Bertz CT molecular complexity index is 1780. The van der Waals surface area contributed by atoms with Gasteiger partial charge in [0.05, 0.1) is 10.4 Å². The number of anilines is 1. The number of alkyl halides is 1. The van der Waals surface area contributed by atoms with Crippen LogP contribution < -0.4 is 10.3 Å². The minimum absolute atomic E-state index is 0.0520. The van der Waals surface area contributed by atoms with E-state index < -0.39 is 50.5 Å². The molecule has 0 radical (unpaired) electrons. The van der Waals surface area contributed by atoms with Crippen LogP contribution in [0.15, 0.2) is 93.1 Å². The Morgan fingerprint density at radius 1 is 1.05 bits per heavy atom. The van der Waals surface area contributed by atoms with Crippen molar-refractivity contribution in [1.29, 1.82) is 0 Å². The first-order valence-corrected chi connectivity index (χ1v) is 12.4. The molecule has 2 atom stereocenters. The van der Waals surface area contributed by atoms with Gasteiger partial charge in [-0.05, 0) is 59.5 Å². The van der Waals surface area contributed by atoms with Crippen molar-refractivity contribution in [1.82, 2.24) is 9.72 Å². The number of aromatic nitrogens is 2. The molecule has 0 saturated heterocycles. The molecule has 2 aromatic heterocycles. The molecule has 2 unspecified atom stereocenters. The third-order valence-corrected chi connectivity index (χ3v) is 7.37. The Labute approximate surface area is 212 Å². The van der Waals surface area contributed by atoms with Crippen LogP contribution in [-0.4, -0.2) is 31.1 Å². The first-order valence-electron chi connectivity index (χ1n) is 10.9. The van der Waals surface area contributed by atoms with E-state index in [4.69, 9.17) is 4.74 Å². The van der Waals surface area contributed by atoms with E-state index in [-0.39, 0.29) is 27.2 Å². The van der Waals surface area contributed by atoms with E-state index in [9.17, 15) is 22.0 Å². The first-order chi connectivity index (χ1) is 18.0. The summed E-state index contributed by atoms with van der Waals surface area (Å²) < 4.78 is 96.8. The molecule has 0 saturated carbocycles. The largest absolute Gasteiger partial charge is 0.363 e. The average molecular weight is 547 g/mol. The summed E-state index contributed by atoms with van der Waals surface area (Å²) >= 11 is 0. The van der Waals surface area contributed by atoms with Crippen molar-refractivity contribution in [3.8, 4) is 0 Å². The summed E-state index contributed by atoms with van der Waals surface area (Å²) in [5, 5.41) is 3.71. The molecule has 1 aliphatic carbocycles. The quantitative estimate of drug-likeness (QED) is 0.346. The number of nitrogens with one attached hydrogen (secondary N) is 1. The lowest BCUT2D eigenvalue weighted by atomic mass is 9.91. The number of ether oxygens (including phenoxy) is 1. The number of fused-ring (bicyclic) bond motifs is 1. The number of allylic oxidation sites excluding steroid dienone is 2. The molecule has 1 aliphatic rings. The van der Waals surface area contributed by atoms with Crippen LogP contribution >= 0.6 is 0 Å². The van der Waals surface area contributed by atoms with Gasteiger partial charge in [-0.1, -0.05) is 11.2 Å². The van der Waals surface area contributed by atoms with E-state index in [0.29, 0.717) is 6.07 Å². The summed E-state index contributed by atoms with van der Waals surface area (Å²) in [5.74, 6) is -6.28. The smallest absolute Gasteiger partial charge is 0.263 e. The lowest BCUT2D eigenvalue weighted by molar-refractivity contribution is -0.105. The van der Waals surface area contributed by atoms with Gasteiger partial charge in [0.25, 0.3) is 21.4 Å². The van der Waals surface area contributed by atoms with Gasteiger partial charge in [0.15, 0.2) is 17.5 Å². The number of rotatable bonds is 6. The number of benzene rings is 2. The van der Waals surface area contributed by atoms with E-state index >= 15 is 8.78 Å². The van der Waals surface area contributed by atoms with Gasteiger partial charge in [-0.3, -0.25) is 14.1 Å². The number of halogens is 4. The highest BCUT2D eigenvalue weighted by atomic mass is 32.2. The van der Waals surface area contributed by atoms with Crippen molar-refractivity contribution in [2.45, 2.75) is 16.8 Å². The van der Waals surface area contributed by atoms with Crippen molar-refractivity contribution in [2.24, 2.45) is 0 Å². The summed E-state index contributed by atoms with van der Waals surface area (Å²) in [4.78, 5) is 12.7. The van der Waals surface area contributed by atoms with Crippen LogP contribution in [0.5, 0.6) is 0 Å². The molecule has 0 fully saturated rings. The summed E-state index contributed by atoms with van der Waals surface area (Å²) in [6.07, 6.45) is 2.71. The Kier molecular flexibility index (Phi) is 6.19. The molecule has 2 heterocycles. The summed E-state index contributed by atoms with van der Waals surface area (Å²) in [7, 11) is -3.10. The summed E-state index contributed by atoms with van der Waals surface area (Å²) in [6, 6.07) is 8.28. The lowest BCUT2D eigenvalue weighted by Gasteiger charge is -2.34. The average Bonchev–Trinajstić information content (AvgIpc) is 3.39. The Morgan fingerprint density at radius 3 is 2.53 bits per heavy atom.